The van der Waals surface area contributed by atoms with Crippen molar-refractivity contribution in [2.24, 2.45) is 0 Å². The molecular formula is C23H27N3O4. The standard InChI is InChI=1S/C23H27N3O4/c1-16-4-7-18(8-5-16)19-9-11-23(28)26(25-19)15-22(27)24-13-12-17-6-10-20(29-2)21(14-17)30-3/h4-10,14,25H,11-13,15H2,1-3H3,(H,24,27). The van der Waals surface area contributed by atoms with E-state index in [1.165, 1.54) is 5.01 Å². The predicted octanol–water partition coefficient (Wildman–Crippen LogP) is 2.45. The van der Waals surface area contributed by atoms with E-state index in [0.29, 0.717) is 24.5 Å². The zero-order chi connectivity index (χ0) is 21.5. The molecule has 2 amide bonds. The number of ether oxygens (including phenoxy) is 2. The highest BCUT2D eigenvalue weighted by Crippen LogP contribution is 2.27. The van der Waals surface area contributed by atoms with Crippen molar-refractivity contribution in [1.82, 2.24) is 15.8 Å². The van der Waals surface area contributed by atoms with Gasteiger partial charge in [-0.05, 0) is 42.7 Å². The summed E-state index contributed by atoms with van der Waals surface area (Å²) in [5.74, 6) is 0.958. The Morgan fingerprint density at radius 3 is 2.53 bits per heavy atom. The minimum Gasteiger partial charge on any atom is -0.493 e. The number of nitrogens with zero attached hydrogens (tertiary/aromatic N) is 1. The number of methoxy groups -OCH3 is 2. The fraction of sp³-hybridized carbons (Fsp3) is 0.304. The number of hydrogen-bond acceptors (Lipinski definition) is 5. The lowest BCUT2D eigenvalue weighted by Crippen LogP contribution is -2.49. The van der Waals surface area contributed by atoms with Crippen molar-refractivity contribution in [3.05, 3.63) is 65.2 Å². The lowest BCUT2D eigenvalue weighted by molar-refractivity contribution is -0.137. The SMILES string of the molecule is COc1ccc(CCNC(=O)CN2NC(c3ccc(C)cc3)=CCC2=O)cc1OC. The first kappa shape index (κ1) is 21.2. The van der Waals surface area contributed by atoms with Crippen LogP contribution < -0.4 is 20.2 Å². The molecule has 2 aromatic carbocycles. The summed E-state index contributed by atoms with van der Waals surface area (Å²) in [6.07, 6.45) is 2.75. The molecule has 7 nitrogen and oxygen atoms in total. The summed E-state index contributed by atoms with van der Waals surface area (Å²) in [6, 6.07) is 13.7. The van der Waals surface area contributed by atoms with Crippen LogP contribution in [0.2, 0.25) is 0 Å². The van der Waals surface area contributed by atoms with Crippen LogP contribution in [0.1, 0.15) is 23.1 Å². The third kappa shape index (κ3) is 5.31. The molecule has 30 heavy (non-hydrogen) atoms. The highest BCUT2D eigenvalue weighted by molar-refractivity contribution is 5.88. The van der Waals surface area contributed by atoms with E-state index in [0.717, 1.165) is 22.4 Å². The van der Waals surface area contributed by atoms with Gasteiger partial charge in [0, 0.05) is 13.0 Å². The normalized spacial score (nSPS) is 13.4. The number of amides is 2. The third-order valence-electron chi connectivity index (χ3n) is 4.89. The van der Waals surface area contributed by atoms with E-state index < -0.39 is 0 Å². The summed E-state index contributed by atoms with van der Waals surface area (Å²) in [5.41, 5.74) is 7.05. The monoisotopic (exact) mass is 409 g/mol. The maximum Gasteiger partial charge on any atom is 0.245 e. The molecule has 0 atom stereocenters. The van der Waals surface area contributed by atoms with E-state index in [1.54, 1.807) is 14.2 Å². The van der Waals surface area contributed by atoms with Crippen molar-refractivity contribution >= 4 is 17.5 Å². The van der Waals surface area contributed by atoms with Gasteiger partial charge in [-0.2, -0.15) is 0 Å². The fourth-order valence-corrected chi connectivity index (χ4v) is 3.18. The Kier molecular flexibility index (Phi) is 6.95. The number of hydrogen-bond donors (Lipinski definition) is 2. The van der Waals surface area contributed by atoms with E-state index >= 15 is 0 Å². The lowest BCUT2D eigenvalue weighted by Gasteiger charge is -2.29. The molecule has 0 unspecified atom stereocenters. The van der Waals surface area contributed by atoms with Crippen LogP contribution in [-0.2, 0) is 16.0 Å². The van der Waals surface area contributed by atoms with Crippen molar-refractivity contribution in [3.63, 3.8) is 0 Å². The maximum atomic E-state index is 12.3. The van der Waals surface area contributed by atoms with Crippen molar-refractivity contribution in [2.45, 2.75) is 19.8 Å². The molecule has 7 heteroatoms. The Hall–Kier alpha value is -3.48. The Morgan fingerprint density at radius 2 is 1.83 bits per heavy atom. The number of carbonyl (C=O) groups is 2. The molecule has 0 radical (unpaired) electrons. The largest absolute Gasteiger partial charge is 0.493 e. The van der Waals surface area contributed by atoms with Crippen LogP contribution in [0.25, 0.3) is 5.70 Å². The van der Waals surface area contributed by atoms with Gasteiger partial charge in [-0.25, -0.2) is 5.01 Å². The summed E-state index contributed by atoms with van der Waals surface area (Å²) in [6.45, 7) is 2.43. The summed E-state index contributed by atoms with van der Waals surface area (Å²) in [4.78, 5) is 24.5. The summed E-state index contributed by atoms with van der Waals surface area (Å²) in [7, 11) is 3.18. The Bertz CT molecular complexity index is 938. The molecule has 0 saturated heterocycles. The molecule has 2 aromatic rings. The molecule has 1 aliphatic heterocycles. The third-order valence-corrected chi connectivity index (χ3v) is 4.89. The van der Waals surface area contributed by atoms with Crippen molar-refractivity contribution in [1.29, 1.82) is 0 Å². The van der Waals surface area contributed by atoms with E-state index in [2.05, 4.69) is 10.7 Å². The molecule has 0 fully saturated rings. The van der Waals surface area contributed by atoms with Gasteiger partial charge in [0.15, 0.2) is 11.5 Å². The minimum atomic E-state index is -0.221. The second kappa shape index (κ2) is 9.82. The quantitative estimate of drug-likeness (QED) is 0.700. The summed E-state index contributed by atoms with van der Waals surface area (Å²) in [5, 5.41) is 4.22. The van der Waals surface area contributed by atoms with Crippen LogP contribution in [0.15, 0.2) is 48.5 Å². The van der Waals surface area contributed by atoms with Crippen LogP contribution in [0.5, 0.6) is 11.5 Å². The van der Waals surface area contributed by atoms with Crippen LogP contribution >= 0.6 is 0 Å². The van der Waals surface area contributed by atoms with Crippen LogP contribution in [-0.4, -0.2) is 44.1 Å². The highest BCUT2D eigenvalue weighted by atomic mass is 16.5. The van der Waals surface area contributed by atoms with Gasteiger partial charge in [0.2, 0.25) is 11.8 Å². The van der Waals surface area contributed by atoms with E-state index in [-0.39, 0.29) is 24.8 Å². The number of carbonyl (C=O) groups excluding carboxylic acids is 2. The minimum absolute atomic E-state index is 0.0477. The average molecular weight is 409 g/mol. The van der Waals surface area contributed by atoms with Gasteiger partial charge in [0.1, 0.15) is 6.54 Å². The van der Waals surface area contributed by atoms with E-state index in [4.69, 9.17) is 9.47 Å². The number of hydrazine groups is 1. The van der Waals surface area contributed by atoms with Crippen molar-refractivity contribution in [2.75, 3.05) is 27.3 Å². The lowest BCUT2D eigenvalue weighted by atomic mass is 10.1. The second-order valence-electron chi connectivity index (χ2n) is 7.07. The van der Waals surface area contributed by atoms with Gasteiger partial charge in [-0.1, -0.05) is 35.9 Å². The van der Waals surface area contributed by atoms with Gasteiger partial charge in [0.05, 0.1) is 19.9 Å². The van der Waals surface area contributed by atoms with Crippen LogP contribution in [0.4, 0.5) is 0 Å². The van der Waals surface area contributed by atoms with Crippen molar-refractivity contribution in [3.8, 4) is 11.5 Å². The van der Waals surface area contributed by atoms with Gasteiger partial charge in [0.25, 0.3) is 0 Å². The fourth-order valence-electron chi connectivity index (χ4n) is 3.18. The molecule has 0 aromatic heterocycles. The first-order valence-corrected chi connectivity index (χ1v) is 9.82. The Labute approximate surface area is 176 Å². The molecule has 3 rings (SSSR count). The van der Waals surface area contributed by atoms with E-state index in [9.17, 15) is 9.59 Å². The molecule has 0 spiro atoms. The molecule has 1 aliphatic rings. The molecule has 158 valence electrons. The highest BCUT2D eigenvalue weighted by Gasteiger charge is 2.22. The summed E-state index contributed by atoms with van der Waals surface area (Å²) < 4.78 is 10.5. The zero-order valence-electron chi connectivity index (χ0n) is 17.5. The Morgan fingerprint density at radius 1 is 1.10 bits per heavy atom. The smallest absolute Gasteiger partial charge is 0.245 e. The number of rotatable bonds is 8. The first-order valence-electron chi connectivity index (χ1n) is 9.82. The molecule has 0 bridgehead atoms. The molecule has 0 saturated carbocycles. The van der Waals surface area contributed by atoms with Gasteiger partial charge in [-0.3, -0.25) is 15.0 Å². The summed E-state index contributed by atoms with van der Waals surface area (Å²) >= 11 is 0. The van der Waals surface area contributed by atoms with Crippen LogP contribution in [0.3, 0.4) is 0 Å². The van der Waals surface area contributed by atoms with Crippen LogP contribution in [0, 0.1) is 6.92 Å². The molecular weight excluding hydrogens is 382 g/mol. The maximum absolute atomic E-state index is 12.3. The molecule has 2 N–H and O–H groups in total. The number of aryl methyl sites for hydroxylation is 1. The van der Waals surface area contributed by atoms with Gasteiger partial charge < -0.3 is 14.8 Å². The first-order chi connectivity index (χ1) is 14.5. The second-order valence-corrected chi connectivity index (χ2v) is 7.07. The van der Waals surface area contributed by atoms with Gasteiger partial charge in [-0.15, -0.1) is 0 Å². The Balaban J connectivity index is 1.51. The number of nitrogens with one attached hydrogen (secondary N) is 2. The zero-order valence-corrected chi connectivity index (χ0v) is 17.5. The van der Waals surface area contributed by atoms with Gasteiger partial charge >= 0.3 is 0 Å². The molecule has 1 heterocycles. The van der Waals surface area contributed by atoms with Crippen molar-refractivity contribution < 1.29 is 19.1 Å². The average Bonchev–Trinajstić information content (AvgIpc) is 2.75. The number of benzene rings is 2. The predicted molar refractivity (Wildman–Crippen MR) is 115 cm³/mol. The molecule has 0 aliphatic carbocycles. The topological polar surface area (TPSA) is 79.9 Å². The van der Waals surface area contributed by atoms with E-state index in [1.807, 2.05) is 55.5 Å².